The van der Waals surface area contributed by atoms with Crippen LogP contribution >= 0.6 is 0 Å². The number of anilines is 1. The Morgan fingerprint density at radius 1 is 1.19 bits per heavy atom. The first-order valence-corrected chi connectivity index (χ1v) is 14.8. The van der Waals surface area contributed by atoms with Gasteiger partial charge in [0, 0.05) is 61.1 Å². The van der Waals surface area contributed by atoms with Crippen LogP contribution in [0.3, 0.4) is 0 Å². The van der Waals surface area contributed by atoms with Crippen molar-refractivity contribution in [2.75, 3.05) is 31.2 Å². The number of rotatable bonds is 6. The predicted molar refractivity (Wildman–Crippen MR) is 151 cm³/mol. The molecule has 3 aromatic rings. The van der Waals surface area contributed by atoms with E-state index in [1.165, 1.54) is 11.0 Å². The van der Waals surface area contributed by atoms with Crippen LogP contribution in [0, 0.1) is 22.7 Å². The smallest absolute Gasteiger partial charge is 0.379 e. The summed E-state index contributed by atoms with van der Waals surface area (Å²) in [5.41, 5.74) is 1.13. The normalized spacial score (nSPS) is 24.9. The van der Waals surface area contributed by atoms with Gasteiger partial charge in [0.05, 0.1) is 31.4 Å². The van der Waals surface area contributed by atoms with Crippen molar-refractivity contribution in [1.29, 1.82) is 5.26 Å². The fourth-order valence-electron chi connectivity index (χ4n) is 7.21. The Kier molecular flexibility index (Phi) is 6.63. The van der Waals surface area contributed by atoms with E-state index in [-0.39, 0.29) is 34.4 Å². The number of carbonyl (C=O) groups is 1. The summed E-state index contributed by atoms with van der Waals surface area (Å²) >= 11 is 0. The number of hydrogen-bond donors (Lipinski definition) is 0. The largest absolute Gasteiger partial charge is 0.416 e. The maximum absolute atomic E-state index is 14.4. The summed E-state index contributed by atoms with van der Waals surface area (Å²) in [7, 11) is 1.87. The standard InChI is InChI=1S/C32H33F3N6O2/c1-39-20-37-38-28(39)14-31(12-22(13-31)15-36)23-3-2-4-24(11-23)41-17-26-25(29(41)42)9-21(10-27(26)32(33,34)35)16-40-7-8-43-19-30(18-40)5-6-30/h2-4,9-11,20,22H,5-8,12-14,16-19H2,1H3/t22-,31-. The summed E-state index contributed by atoms with van der Waals surface area (Å²) in [6.07, 6.45) is 1.05. The van der Waals surface area contributed by atoms with E-state index in [2.05, 4.69) is 21.2 Å². The van der Waals surface area contributed by atoms with Gasteiger partial charge in [-0.25, -0.2) is 0 Å². The number of alkyl halides is 3. The number of aromatic nitrogens is 3. The Bertz CT molecular complexity index is 1620. The van der Waals surface area contributed by atoms with Gasteiger partial charge in [-0.05, 0) is 66.6 Å². The van der Waals surface area contributed by atoms with E-state index in [0.29, 0.717) is 56.8 Å². The molecule has 3 fully saturated rings. The molecule has 0 bridgehead atoms. The van der Waals surface area contributed by atoms with E-state index >= 15 is 0 Å². The lowest BCUT2D eigenvalue weighted by Crippen LogP contribution is -2.43. The summed E-state index contributed by atoms with van der Waals surface area (Å²) in [5, 5.41) is 17.8. The molecule has 0 atom stereocenters. The van der Waals surface area contributed by atoms with Crippen LogP contribution in [0.15, 0.2) is 42.7 Å². The number of ether oxygens (including phenoxy) is 1. The highest BCUT2D eigenvalue weighted by molar-refractivity contribution is 6.10. The third-order valence-corrected chi connectivity index (χ3v) is 9.82. The molecule has 4 aliphatic rings. The highest BCUT2D eigenvalue weighted by atomic mass is 19.4. The first-order valence-electron chi connectivity index (χ1n) is 14.8. The number of hydrogen-bond acceptors (Lipinski definition) is 6. The first kappa shape index (κ1) is 28.0. The van der Waals surface area contributed by atoms with Gasteiger partial charge in [-0.1, -0.05) is 12.1 Å². The van der Waals surface area contributed by atoms with Gasteiger partial charge in [-0.2, -0.15) is 18.4 Å². The average Bonchev–Trinajstić information content (AvgIpc) is 3.55. The number of benzene rings is 2. The summed E-state index contributed by atoms with van der Waals surface area (Å²) < 4.78 is 50.8. The minimum Gasteiger partial charge on any atom is -0.379 e. The third kappa shape index (κ3) is 5.10. The van der Waals surface area contributed by atoms with Crippen molar-refractivity contribution in [3.8, 4) is 6.07 Å². The lowest BCUT2D eigenvalue weighted by atomic mass is 9.57. The molecular formula is C32H33F3N6O2. The molecule has 0 unspecified atom stereocenters. The van der Waals surface area contributed by atoms with Crippen molar-refractivity contribution in [3.05, 3.63) is 76.4 Å². The van der Waals surface area contributed by atoms with Gasteiger partial charge in [0.25, 0.3) is 5.91 Å². The second-order valence-electron chi connectivity index (χ2n) is 12.9. The zero-order valence-corrected chi connectivity index (χ0v) is 24.0. The van der Waals surface area contributed by atoms with Crippen LogP contribution in [0.25, 0.3) is 0 Å². The van der Waals surface area contributed by atoms with E-state index < -0.39 is 17.6 Å². The molecule has 7 rings (SSSR count). The lowest BCUT2D eigenvalue weighted by Gasteiger charge is -2.45. The van der Waals surface area contributed by atoms with Crippen molar-refractivity contribution in [3.63, 3.8) is 0 Å². The van der Waals surface area contributed by atoms with Crippen LogP contribution in [0.2, 0.25) is 0 Å². The number of halogens is 3. The third-order valence-electron chi connectivity index (χ3n) is 9.82. The topological polar surface area (TPSA) is 87.3 Å². The maximum Gasteiger partial charge on any atom is 0.416 e. The van der Waals surface area contributed by atoms with Gasteiger partial charge >= 0.3 is 6.18 Å². The second kappa shape index (κ2) is 10.2. The van der Waals surface area contributed by atoms with Gasteiger partial charge in [0.15, 0.2) is 0 Å². The average molecular weight is 591 g/mol. The van der Waals surface area contributed by atoms with Gasteiger partial charge in [-0.15, -0.1) is 10.2 Å². The van der Waals surface area contributed by atoms with Crippen molar-refractivity contribution < 1.29 is 22.7 Å². The summed E-state index contributed by atoms with van der Waals surface area (Å²) in [6, 6.07) is 12.7. The molecule has 2 saturated carbocycles. The Balaban J connectivity index is 1.19. The Morgan fingerprint density at radius 2 is 2.00 bits per heavy atom. The fraction of sp³-hybridized carbons (Fsp3) is 0.500. The molecule has 8 nitrogen and oxygen atoms in total. The molecule has 2 aromatic carbocycles. The van der Waals surface area contributed by atoms with E-state index in [4.69, 9.17) is 4.74 Å². The van der Waals surface area contributed by atoms with Gasteiger partial charge < -0.3 is 14.2 Å². The monoisotopic (exact) mass is 590 g/mol. The molecule has 3 heterocycles. The highest BCUT2D eigenvalue weighted by Crippen LogP contribution is 2.51. The van der Waals surface area contributed by atoms with Gasteiger partial charge in [0.2, 0.25) is 0 Å². The number of nitrogens with zero attached hydrogens (tertiary/aromatic N) is 6. The van der Waals surface area contributed by atoms with Crippen LogP contribution in [-0.4, -0.2) is 51.9 Å². The van der Waals surface area contributed by atoms with Crippen molar-refractivity contribution in [2.24, 2.45) is 18.4 Å². The number of carbonyl (C=O) groups excluding carboxylic acids is 1. The Hall–Kier alpha value is -3.75. The molecule has 1 spiro atoms. The number of aryl methyl sites for hydroxylation is 1. The minimum absolute atomic E-state index is 0.0199. The highest BCUT2D eigenvalue weighted by Gasteiger charge is 2.48. The van der Waals surface area contributed by atoms with E-state index in [9.17, 15) is 23.2 Å². The Labute approximate surface area is 248 Å². The van der Waals surface area contributed by atoms with Crippen LogP contribution in [0.4, 0.5) is 18.9 Å². The maximum atomic E-state index is 14.4. The van der Waals surface area contributed by atoms with E-state index in [1.54, 1.807) is 18.5 Å². The van der Waals surface area contributed by atoms with Gasteiger partial charge in [0.1, 0.15) is 12.2 Å². The first-order chi connectivity index (χ1) is 20.6. The molecule has 11 heteroatoms. The minimum atomic E-state index is -4.59. The van der Waals surface area contributed by atoms with Crippen LogP contribution in [0.5, 0.6) is 0 Å². The van der Waals surface area contributed by atoms with Crippen LogP contribution < -0.4 is 4.90 Å². The molecule has 1 saturated heterocycles. The van der Waals surface area contributed by atoms with Crippen molar-refractivity contribution in [2.45, 2.75) is 56.8 Å². The zero-order chi connectivity index (χ0) is 30.0. The molecule has 0 N–H and O–H groups in total. The summed E-state index contributed by atoms with van der Waals surface area (Å²) in [4.78, 5) is 17.4. The second-order valence-corrected chi connectivity index (χ2v) is 12.9. The quantitative estimate of drug-likeness (QED) is 0.401. The van der Waals surface area contributed by atoms with E-state index in [0.717, 1.165) is 30.8 Å². The molecule has 2 aliphatic carbocycles. The van der Waals surface area contributed by atoms with E-state index in [1.807, 2.05) is 29.8 Å². The molecule has 43 heavy (non-hydrogen) atoms. The molecule has 2 aliphatic heterocycles. The number of fused-ring (bicyclic) bond motifs is 1. The SMILES string of the molecule is Cn1cnnc1C[C@]1(c2cccc(N3Cc4c(cc(CN5CCOCC6(CC6)C5)cc4C(F)(F)F)C3=O)c2)C[C@H](C#N)C1. The lowest BCUT2D eigenvalue weighted by molar-refractivity contribution is -0.138. The molecular weight excluding hydrogens is 557 g/mol. The molecule has 1 aromatic heterocycles. The summed E-state index contributed by atoms with van der Waals surface area (Å²) in [6.45, 7) is 2.89. The fourth-order valence-corrected chi connectivity index (χ4v) is 7.21. The van der Waals surface area contributed by atoms with Crippen LogP contribution in [-0.2, 0) is 42.9 Å². The molecule has 1 amide bonds. The van der Waals surface area contributed by atoms with Crippen LogP contribution in [0.1, 0.15) is 64.1 Å². The summed E-state index contributed by atoms with van der Waals surface area (Å²) in [5.74, 6) is 0.272. The number of nitriles is 1. The van der Waals surface area contributed by atoms with Crippen molar-refractivity contribution >= 4 is 11.6 Å². The van der Waals surface area contributed by atoms with Crippen molar-refractivity contribution in [1.82, 2.24) is 19.7 Å². The van der Waals surface area contributed by atoms with Gasteiger partial charge in [-0.3, -0.25) is 9.69 Å². The predicted octanol–water partition coefficient (Wildman–Crippen LogP) is 5.02. The number of amides is 1. The zero-order valence-electron chi connectivity index (χ0n) is 24.0. The molecule has 224 valence electrons. The Morgan fingerprint density at radius 3 is 2.70 bits per heavy atom. The molecule has 0 radical (unpaired) electrons.